The Hall–Kier alpha value is -0.0800. The van der Waals surface area contributed by atoms with Gasteiger partial charge in [0, 0.05) is 13.2 Å². The van der Waals surface area contributed by atoms with Crippen LogP contribution in [-0.4, -0.2) is 25.3 Å². The summed E-state index contributed by atoms with van der Waals surface area (Å²) in [7, 11) is 0. The van der Waals surface area contributed by atoms with E-state index in [-0.39, 0.29) is 5.60 Å². The minimum Gasteiger partial charge on any atom is -0.376 e. The molecule has 0 aromatic rings. The second-order valence-electron chi connectivity index (χ2n) is 6.59. The Labute approximate surface area is 108 Å². The summed E-state index contributed by atoms with van der Waals surface area (Å²) in [4.78, 5) is 0. The summed E-state index contributed by atoms with van der Waals surface area (Å²) in [6.07, 6.45) is 8.04. The fourth-order valence-corrected chi connectivity index (χ4v) is 2.74. The van der Waals surface area contributed by atoms with Crippen LogP contribution in [0.5, 0.6) is 0 Å². The molecule has 0 saturated heterocycles. The lowest BCUT2D eigenvalue weighted by Crippen LogP contribution is -2.34. The van der Waals surface area contributed by atoms with Crippen LogP contribution >= 0.6 is 0 Å². The van der Waals surface area contributed by atoms with Crippen LogP contribution in [0.2, 0.25) is 0 Å². The summed E-state index contributed by atoms with van der Waals surface area (Å²) in [6.45, 7) is 11.9. The molecule has 0 bridgehead atoms. The largest absolute Gasteiger partial charge is 0.376 e. The molecule has 0 spiro atoms. The second kappa shape index (κ2) is 6.75. The number of ether oxygens (including phenoxy) is 1. The van der Waals surface area contributed by atoms with E-state index in [0.29, 0.717) is 5.41 Å². The van der Waals surface area contributed by atoms with Crippen LogP contribution in [0.15, 0.2) is 0 Å². The van der Waals surface area contributed by atoms with Crippen molar-refractivity contribution in [2.45, 2.75) is 71.8 Å². The molecular weight excluding hydrogens is 210 g/mol. The molecular formula is C15H31NO. The van der Waals surface area contributed by atoms with Gasteiger partial charge in [-0.3, -0.25) is 0 Å². The SMILES string of the molecule is CCCNCC1(CCOC(C)(C)C)CCCC1. The van der Waals surface area contributed by atoms with Gasteiger partial charge in [-0.25, -0.2) is 0 Å². The fraction of sp³-hybridized carbons (Fsp3) is 1.00. The molecule has 0 unspecified atom stereocenters. The number of rotatable bonds is 7. The third-order valence-electron chi connectivity index (χ3n) is 3.76. The van der Waals surface area contributed by atoms with E-state index in [0.717, 1.165) is 13.2 Å². The van der Waals surface area contributed by atoms with E-state index in [9.17, 15) is 0 Å². The van der Waals surface area contributed by atoms with E-state index in [2.05, 4.69) is 33.0 Å². The zero-order valence-corrected chi connectivity index (χ0v) is 12.3. The van der Waals surface area contributed by atoms with Crippen molar-refractivity contribution in [1.29, 1.82) is 0 Å². The maximum absolute atomic E-state index is 5.89. The van der Waals surface area contributed by atoms with Crippen LogP contribution in [-0.2, 0) is 4.74 Å². The minimum absolute atomic E-state index is 0.0106. The van der Waals surface area contributed by atoms with Gasteiger partial charge in [0.2, 0.25) is 0 Å². The van der Waals surface area contributed by atoms with Gasteiger partial charge in [0.15, 0.2) is 0 Å². The van der Waals surface area contributed by atoms with E-state index in [1.54, 1.807) is 0 Å². The average molecular weight is 241 g/mol. The first-order valence-electron chi connectivity index (χ1n) is 7.32. The molecule has 17 heavy (non-hydrogen) atoms. The van der Waals surface area contributed by atoms with Gasteiger partial charge in [-0.1, -0.05) is 19.8 Å². The second-order valence-corrected chi connectivity index (χ2v) is 6.59. The highest BCUT2D eigenvalue weighted by molar-refractivity contribution is 4.86. The summed E-state index contributed by atoms with van der Waals surface area (Å²) < 4.78 is 5.89. The molecule has 0 atom stereocenters. The Balaban J connectivity index is 2.32. The van der Waals surface area contributed by atoms with Gasteiger partial charge in [-0.15, -0.1) is 0 Å². The monoisotopic (exact) mass is 241 g/mol. The van der Waals surface area contributed by atoms with E-state index in [1.807, 2.05) is 0 Å². The predicted molar refractivity (Wildman–Crippen MR) is 74.4 cm³/mol. The summed E-state index contributed by atoms with van der Waals surface area (Å²) in [6, 6.07) is 0. The van der Waals surface area contributed by atoms with Crippen molar-refractivity contribution in [1.82, 2.24) is 5.32 Å². The summed E-state index contributed by atoms with van der Waals surface area (Å²) in [5.41, 5.74) is 0.539. The molecule has 0 aromatic carbocycles. The molecule has 1 aliphatic carbocycles. The zero-order valence-electron chi connectivity index (χ0n) is 12.3. The molecule has 1 aliphatic rings. The summed E-state index contributed by atoms with van der Waals surface area (Å²) >= 11 is 0. The van der Waals surface area contributed by atoms with Crippen LogP contribution in [0.4, 0.5) is 0 Å². The van der Waals surface area contributed by atoms with E-state index < -0.39 is 0 Å². The normalized spacial score (nSPS) is 19.8. The molecule has 1 fully saturated rings. The van der Waals surface area contributed by atoms with Gasteiger partial charge >= 0.3 is 0 Å². The smallest absolute Gasteiger partial charge is 0.0598 e. The highest BCUT2D eigenvalue weighted by Crippen LogP contribution is 2.40. The first-order chi connectivity index (χ1) is 7.97. The Kier molecular flexibility index (Phi) is 5.94. The molecule has 1 N–H and O–H groups in total. The van der Waals surface area contributed by atoms with Crippen molar-refractivity contribution in [3.05, 3.63) is 0 Å². The van der Waals surface area contributed by atoms with Crippen molar-refractivity contribution in [3.63, 3.8) is 0 Å². The number of hydrogen-bond donors (Lipinski definition) is 1. The molecule has 0 aromatic heterocycles. The van der Waals surface area contributed by atoms with Crippen molar-refractivity contribution >= 4 is 0 Å². The van der Waals surface area contributed by atoms with Gasteiger partial charge in [0.1, 0.15) is 0 Å². The standard InChI is InChI=1S/C15H31NO/c1-5-11-16-13-15(8-6-7-9-15)10-12-17-14(2,3)4/h16H,5-13H2,1-4H3. The number of nitrogens with one attached hydrogen (secondary N) is 1. The third kappa shape index (κ3) is 5.87. The van der Waals surface area contributed by atoms with Crippen LogP contribution in [0.25, 0.3) is 0 Å². The first kappa shape index (κ1) is 15.0. The Bertz CT molecular complexity index is 201. The van der Waals surface area contributed by atoms with Crippen molar-refractivity contribution < 1.29 is 4.74 Å². The molecule has 0 amide bonds. The predicted octanol–water partition coefficient (Wildman–Crippen LogP) is 3.75. The maximum Gasteiger partial charge on any atom is 0.0598 e. The first-order valence-corrected chi connectivity index (χ1v) is 7.32. The van der Waals surface area contributed by atoms with E-state index in [4.69, 9.17) is 4.74 Å². The lowest BCUT2D eigenvalue weighted by molar-refractivity contribution is -0.0183. The highest BCUT2D eigenvalue weighted by atomic mass is 16.5. The molecule has 1 saturated carbocycles. The van der Waals surface area contributed by atoms with Crippen molar-refractivity contribution in [2.24, 2.45) is 5.41 Å². The third-order valence-corrected chi connectivity index (χ3v) is 3.76. The lowest BCUT2D eigenvalue weighted by Gasteiger charge is -2.31. The Morgan fingerprint density at radius 3 is 2.35 bits per heavy atom. The van der Waals surface area contributed by atoms with Crippen molar-refractivity contribution in [2.75, 3.05) is 19.7 Å². The molecule has 0 heterocycles. The summed E-state index contributed by atoms with van der Waals surface area (Å²) in [5, 5.41) is 3.61. The average Bonchev–Trinajstić information content (AvgIpc) is 2.65. The zero-order chi connectivity index (χ0) is 12.8. The lowest BCUT2D eigenvalue weighted by atomic mass is 9.83. The molecule has 0 radical (unpaired) electrons. The van der Waals surface area contributed by atoms with E-state index in [1.165, 1.54) is 45.1 Å². The molecule has 102 valence electrons. The van der Waals surface area contributed by atoms with Crippen LogP contribution < -0.4 is 5.32 Å². The Morgan fingerprint density at radius 1 is 1.18 bits per heavy atom. The highest BCUT2D eigenvalue weighted by Gasteiger charge is 2.33. The summed E-state index contributed by atoms with van der Waals surface area (Å²) in [5.74, 6) is 0. The van der Waals surface area contributed by atoms with Crippen molar-refractivity contribution in [3.8, 4) is 0 Å². The molecule has 2 heteroatoms. The van der Waals surface area contributed by atoms with Gasteiger partial charge in [-0.2, -0.15) is 0 Å². The maximum atomic E-state index is 5.89. The quantitative estimate of drug-likeness (QED) is 0.685. The van der Waals surface area contributed by atoms with Crippen LogP contribution in [0.3, 0.4) is 0 Å². The van der Waals surface area contributed by atoms with Gasteiger partial charge in [0.05, 0.1) is 5.60 Å². The topological polar surface area (TPSA) is 21.3 Å². The van der Waals surface area contributed by atoms with Gasteiger partial charge in [0.25, 0.3) is 0 Å². The number of hydrogen-bond acceptors (Lipinski definition) is 2. The molecule has 1 rings (SSSR count). The molecule has 2 nitrogen and oxygen atoms in total. The van der Waals surface area contributed by atoms with Crippen LogP contribution in [0, 0.1) is 5.41 Å². The minimum atomic E-state index is 0.0106. The van der Waals surface area contributed by atoms with E-state index >= 15 is 0 Å². The Morgan fingerprint density at radius 2 is 1.82 bits per heavy atom. The fourth-order valence-electron chi connectivity index (χ4n) is 2.74. The van der Waals surface area contributed by atoms with Gasteiger partial charge in [-0.05, 0) is 58.4 Å². The molecule has 0 aliphatic heterocycles. The van der Waals surface area contributed by atoms with Gasteiger partial charge < -0.3 is 10.1 Å². The van der Waals surface area contributed by atoms with Crippen LogP contribution in [0.1, 0.15) is 66.2 Å².